The molecule has 1 N–H and O–H groups in total. The topological polar surface area (TPSA) is 48.3 Å². The highest BCUT2D eigenvalue weighted by atomic mass is 79.9. The molecule has 120 valence electrons. The van der Waals surface area contributed by atoms with Crippen LogP contribution in [-0.2, 0) is 22.9 Å². The Balaban J connectivity index is 2.08. The van der Waals surface area contributed by atoms with Gasteiger partial charge in [0.1, 0.15) is 0 Å². The monoisotopic (exact) mass is 359 g/mol. The highest BCUT2D eigenvalue weighted by molar-refractivity contribution is 9.10. The Kier molecular flexibility index (Phi) is 6.22. The molecule has 0 aliphatic carbocycles. The largest absolute Gasteiger partial charge is 0.383 e. The average Bonchev–Trinajstić information content (AvgIpc) is 2.71. The minimum absolute atomic E-state index is 0.148. The lowest BCUT2D eigenvalue weighted by atomic mass is 9.78. The molecule has 1 fully saturated rings. The molecule has 1 aromatic heterocycles. The Hall–Kier alpha value is -0.430. The molecule has 0 spiro atoms. The zero-order valence-corrected chi connectivity index (χ0v) is 14.8. The predicted octanol–water partition coefficient (Wildman–Crippen LogP) is 2.07. The van der Waals surface area contributed by atoms with Crippen molar-refractivity contribution in [2.45, 2.75) is 26.2 Å². The number of ether oxygens (including phenoxy) is 2. The lowest BCUT2D eigenvalue weighted by molar-refractivity contribution is -0.00867. The summed E-state index contributed by atoms with van der Waals surface area (Å²) in [6.07, 6.45) is 3.29. The highest BCUT2D eigenvalue weighted by Crippen LogP contribution is 2.34. The normalized spacial score (nSPS) is 22.7. The van der Waals surface area contributed by atoms with E-state index < -0.39 is 0 Å². The number of aromatic nitrogens is 2. The zero-order valence-electron chi connectivity index (χ0n) is 13.2. The fraction of sp³-hybridized carbons (Fsp3) is 0.800. The molecule has 5 nitrogen and oxygen atoms in total. The second kappa shape index (κ2) is 7.72. The highest BCUT2D eigenvalue weighted by Gasteiger charge is 2.34. The third-order valence-corrected chi connectivity index (χ3v) is 5.22. The molecule has 1 aliphatic heterocycles. The fourth-order valence-electron chi connectivity index (χ4n) is 3.01. The molecule has 0 bridgehead atoms. The van der Waals surface area contributed by atoms with Crippen LogP contribution in [0.4, 0.5) is 0 Å². The van der Waals surface area contributed by atoms with Crippen LogP contribution in [0, 0.1) is 12.3 Å². The van der Waals surface area contributed by atoms with E-state index in [2.05, 4.69) is 26.3 Å². The van der Waals surface area contributed by atoms with Crippen LogP contribution < -0.4 is 5.32 Å². The number of nitrogens with zero attached hydrogens (tertiary/aromatic N) is 2. The van der Waals surface area contributed by atoms with Gasteiger partial charge in [-0.3, -0.25) is 4.68 Å². The van der Waals surface area contributed by atoms with Crippen LogP contribution in [0.15, 0.2) is 4.47 Å². The molecule has 2 heterocycles. The molecule has 1 aliphatic rings. The van der Waals surface area contributed by atoms with Gasteiger partial charge in [0.15, 0.2) is 0 Å². The lowest BCUT2D eigenvalue weighted by Gasteiger charge is -2.37. The number of halogens is 1. The van der Waals surface area contributed by atoms with Crippen molar-refractivity contribution in [1.82, 2.24) is 15.1 Å². The summed E-state index contributed by atoms with van der Waals surface area (Å²) in [5.74, 6) is 0. The van der Waals surface area contributed by atoms with Crippen LogP contribution in [0.1, 0.15) is 24.2 Å². The summed E-state index contributed by atoms with van der Waals surface area (Å²) in [7, 11) is 3.75. The average molecular weight is 360 g/mol. The van der Waals surface area contributed by atoms with Gasteiger partial charge in [-0.25, -0.2) is 0 Å². The van der Waals surface area contributed by atoms with Crippen LogP contribution in [0.25, 0.3) is 0 Å². The smallest absolute Gasteiger partial charge is 0.0738 e. The summed E-state index contributed by atoms with van der Waals surface area (Å²) < 4.78 is 14.0. The number of methoxy groups -OCH3 is 1. The van der Waals surface area contributed by atoms with Crippen molar-refractivity contribution in [3.8, 4) is 0 Å². The lowest BCUT2D eigenvalue weighted by Crippen LogP contribution is -2.43. The van der Waals surface area contributed by atoms with Crippen molar-refractivity contribution in [3.05, 3.63) is 15.9 Å². The molecule has 0 radical (unpaired) electrons. The third-order valence-electron chi connectivity index (χ3n) is 4.19. The van der Waals surface area contributed by atoms with Crippen LogP contribution in [0.2, 0.25) is 0 Å². The van der Waals surface area contributed by atoms with Crippen molar-refractivity contribution in [1.29, 1.82) is 0 Å². The minimum Gasteiger partial charge on any atom is -0.383 e. The fourth-order valence-corrected chi connectivity index (χ4v) is 3.48. The standard InChI is InChI=1S/C15H26BrN3O2/c1-12-14(16)13(19(2)18-12)9-15(5-4-7-21-11-15)10-17-6-8-20-3/h17H,4-11H2,1-3H3. The van der Waals surface area contributed by atoms with E-state index in [1.54, 1.807) is 7.11 Å². The molecule has 1 aromatic rings. The maximum Gasteiger partial charge on any atom is 0.0738 e. The van der Waals surface area contributed by atoms with Gasteiger partial charge in [0.2, 0.25) is 0 Å². The first-order chi connectivity index (χ1) is 10.1. The first kappa shape index (κ1) is 16.9. The van der Waals surface area contributed by atoms with Crippen LogP contribution >= 0.6 is 15.9 Å². The first-order valence-corrected chi connectivity index (χ1v) is 8.33. The second-order valence-electron chi connectivity index (χ2n) is 5.97. The van der Waals surface area contributed by atoms with Crippen molar-refractivity contribution < 1.29 is 9.47 Å². The molecule has 1 unspecified atom stereocenters. The van der Waals surface area contributed by atoms with Gasteiger partial charge in [-0.15, -0.1) is 0 Å². The molecular weight excluding hydrogens is 334 g/mol. The maximum absolute atomic E-state index is 5.79. The van der Waals surface area contributed by atoms with E-state index in [0.717, 1.165) is 55.9 Å². The number of nitrogens with one attached hydrogen (secondary N) is 1. The molecule has 21 heavy (non-hydrogen) atoms. The summed E-state index contributed by atoms with van der Waals surface area (Å²) >= 11 is 3.68. The summed E-state index contributed by atoms with van der Waals surface area (Å²) in [5.41, 5.74) is 2.45. The van der Waals surface area contributed by atoms with Gasteiger partial charge in [-0.1, -0.05) is 0 Å². The number of hydrogen-bond donors (Lipinski definition) is 1. The van der Waals surface area contributed by atoms with E-state index in [0.29, 0.717) is 0 Å². The van der Waals surface area contributed by atoms with Crippen LogP contribution in [0.3, 0.4) is 0 Å². The number of aryl methyl sites for hydroxylation is 2. The van der Waals surface area contributed by atoms with Gasteiger partial charge < -0.3 is 14.8 Å². The van der Waals surface area contributed by atoms with E-state index in [4.69, 9.17) is 9.47 Å². The minimum atomic E-state index is 0.148. The maximum atomic E-state index is 5.79. The molecule has 0 aromatic carbocycles. The Morgan fingerprint density at radius 2 is 2.33 bits per heavy atom. The van der Waals surface area contributed by atoms with E-state index >= 15 is 0 Å². The summed E-state index contributed by atoms with van der Waals surface area (Å²) in [6, 6.07) is 0. The summed E-state index contributed by atoms with van der Waals surface area (Å²) in [4.78, 5) is 0. The van der Waals surface area contributed by atoms with Gasteiger partial charge in [-0.05, 0) is 42.1 Å². The van der Waals surface area contributed by atoms with E-state index in [9.17, 15) is 0 Å². The SMILES string of the molecule is COCCNCC1(Cc2c(Br)c(C)nn2C)CCCOC1. The molecular formula is C15H26BrN3O2. The number of hydrogen-bond acceptors (Lipinski definition) is 4. The predicted molar refractivity (Wildman–Crippen MR) is 86.6 cm³/mol. The molecule has 2 rings (SSSR count). The van der Waals surface area contributed by atoms with Crippen molar-refractivity contribution in [2.24, 2.45) is 12.5 Å². The zero-order chi connectivity index (χ0) is 15.3. The van der Waals surface area contributed by atoms with Crippen LogP contribution in [-0.4, -0.2) is 49.8 Å². The number of rotatable bonds is 7. The summed E-state index contributed by atoms with van der Waals surface area (Å²) in [6.45, 7) is 6.30. The van der Waals surface area contributed by atoms with Gasteiger partial charge in [0, 0.05) is 39.3 Å². The molecule has 0 saturated carbocycles. The Morgan fingerprint density at radius 3 is 2.90 bits per heavy atom. The van der Waals surface area contributed by atoms with E-state index in [-0.39, 0.29) is 5.41 Å². The van der Waals surface area contributed by atoms with Gasteiger partial charge in [-0.2, -0.15) is 5.10 Å². The molecule has 1 atom stereocenters. The summed E-state index contributed by atoms with van der Waals surface area (Å²) in [5, 5.41) is 8.02. The quantitative estimate of drug-likeness (QED) is 0.757. The van der Waals surface area contributed by atoms with Crippen LogP contribution in [0.5, 0.6) is 0 Å². The Labute approximate surface area is 135 Å². The molecule has 1 saturated heterocycles. The second-order valence-corrected chi connectivity index (χ2v) is 6.77. The van der Waals surface area contributed by atoms with Gasteiger partial charge >= 0.3 is 0 Å². The first-order valence-electron chi connectivity index (χ1n) is 7.53. The van der Waals surface area contributed by atoms with E-state index in [1.165, 1.54) is 12.1 Å². The Morgan fingerprint density at radius 1 is 1.52 bits per heavy atom. The van der Waals surface area contributed by atoms with Gasteiger partial charge in [0.25, 0.3) is 0 Å². The molecule has 6 heteroatoms. The third kappa shape index (κ3) is 4.28. The molecule has 0 amide bonds. The van der Waals surface area contributed by atoms with Crippen molar-refractivity contribution in [3.63, 3.8) is 0 Å². The van der Waals surface area contributed by atoms with Crippen molar-refractivity contribution in [2.75, 3.05) is 40.0 Å². The van der Waals surface area contributed by atoms with Gasteiger partial charge in [0.05, 0.1) is 29.1 Å². The Bertz CT molecular complexity index is 456. The van der Waals surface area contributed by atoms with E-state index in [1.807, 2.05) is 18.7 Å². The van der Waals surface area contributed by atoms with Crippen molar-refractivity contribution >= 4 is 15.9 Å².